The van der Waals surface area contributed by atoms with Crippen molar-refractivity contribution in [1.29, 1.82) is 0 Å². The Kier molecular flexibility index (Phi) is 6.70. The summed E-state index contributed by atoms with van der Waals surface area (Å²) in [6, 6.07) is 17.1. The number of fused-ring (bicyclic) bond motifs is 1. The number of aromatic nitrogens is 4. The van der Waals surface area contributed by atoms with Crippen LogP contribution < -0.4 is 10.6 Å². The Labute approximate surface area is 236 Å². The first-order valence-electron chi connectivity index (χ1n) is 13.2. The van der Waals surface area contributed by atoms with E-state index in [1.54, 1.807) is 30.0 Å². The van der Waals surface area contributed by atoms with Crippen LogP contribution in [0.5, 0.6) is 0 Å². The van der Waals surface area contributed by atoms with E-state index in [4.69, 9.17) is 21.6 Å². The molecule has 6 rings (SSSR count). The fraction of sp³-hybridized carbons (Fsp3) is 0.333. The first kappa shape index (κ1) is 26.3. The summed E-state index contributed by atoms with van der Waals surface area (Å²) in [5, 5.41) is 28.6. The third kappa shape index (κ3) is 4.68. The fourth-order valence-corrected chi connectivity index (χ4v) is 5.84. The van der Waals surface area contributed by atoms with Crippen LogP contribution in [-0.2, 0) is 4.79 Å². The zero-order chi connectivity index (χ0) is 28.0. The van der Waals surface area contributed by atoms with Gasteiger partial charge in [0.15, 0.2) is 17.0 Å². The second kappa shape index (κ2) is 10.2. The molecular weight excluding hydrogens is 528 g/mol. The average molecular weight is 557 g/mol. The Morgan fingerprint density at radius 1 is 1.12 bits per heavy atom. The van der Waals surface area contributed by atoms with Crippen molar-refractivity contribution in [1.82, 2.24) is 24.8 Å². The topological polar surface area (TPSA) is 125 Å². The van der Waals surface area contributed by atoms with Crippen molar-refractivity contribution < 1.29 is 15.0 Å². The van der Waals surface area contributed by atoms with Crippen LogP contribution in [0.2, 0.25) is 5.02 Å². The molecule has 0 bridgehead atoms. The zero-order valence-corrected chi connectivity index (χ0v) is 22.8. The molecule has 0 aliphatic heterocycles. The minimum Gasteiger partial charge on any atom is -0.389 e. The quantitative estimate of drug-likeness (QED) is 0.278. The summed E-state index contributed by atoms with van der Waals surface area (Å²) < 4.78 is 1.72. The maximum atomic E-state index is 12.6. The fourth-order valence-electron chi connectivity index (χ4n) is 5.65. The molecule has 2 aliphatic carbocycles. The van der Waals surface area contributed by atoms with Crippen LogP contribution in [0.3, 0.4) is 0 Å². The second-order valence-electron chi connectivity index (χ2n) is 10.7. The van der Waals surface area contributed by atoms with Crippen molar-refractivity contribution in [3.8, 4) is 11.8 Å². The standard InChI is InChI=1S/C30H29ClN6O3/c1-30(29(40)32-2)15-22(25(38)26(30)39)37-16-33-24-27(34-21-14-20(21)18-8-4-3-5-9-18)35-23(36-28(24)37)12-11-17-7-6-10-19(31)13-17/h3-10,13,16,20-22,25-26,38-39H,14-15H2,1-2H3,(H,32,40)(H,34,35,36)/t20?,21-,22-,25+,26+,30?/m1/s1. The number of hydrogen-bond donors (Lipinski definition) is 4. The predicted molar refractivity (Wildman–Crippen MR) is 152 cm³/mol. The van der Waals surface area contributed by atoms with Gasteiger partial charge in [-0.1, -0.05) is 53.9 Å². The molecule has 204 valence electrons. The number of imidazole rings is 1. The third-order valence-corrected chi connectivity index (χ3v) is 8.25. The molecule has 2 aromatic heterocycles. The molecule has 2 saturated carbocycles. The number of amides is 1. The van der Waals surface area contributed by atoms with Crippen LogP contribution in [0.25, 0.3) is 11.2 Å². The molecule has 4 N–H and O–H groups in total. The molecule has 0 spiro atoms. The smallest absolute Gasteiger partial charge is 0.228 e. The lowest BCUT2D eigenvalue weighted by atomic mass is 9.85. The summed E-state index contributed by atoms with van der Waals surface area (Å²) in [6.45, 7) is 1.65. The summed E-state index contributed by atoms with van der Waals surface area (Å²) in [5.74, 6) is 6.95. The number of nitrogens with zero attached hydrogens (tertiary/aromatic N) is 4. The lowest BCUT2D eigenvalue weighted by Gasteiger charge is -2.26. The summed E-state index contributed by atoms with van der Waals surface area (Å²) in [5.41, 5.74) is 1.80. The highest BCUT2D eigenvalue weighted by Gasteiger charge is 2.55. The van der Waals surface area contributed by atoms with Gasteiger partial charge in [-0.3, -0.25) is 4.79 Å². The number of hydrogen-bond acceptors (Lipinski definition) is 7. The van der Waals surface area contributed by atoms with Gasteiger partial charge in [-0.25, -0.2) is 15.0 Å². The Bertz CT molecular complexity index is 1650. The summed E-state index contributed by atoms with van der Waals surface area (Å²) in [4.78, 5) is 26.6. The molecule has 2 aliphatic rings. The molecule has 40 heavy (non-hydrogen) atoms. The van der Waals surface area contributed by atoms with Gasteiger partial charge in [-0.15, -0.1) is 0 Å². The Hall–Kier alpha value is -3.97. The molecule has 9 nitrogen and oxygen atoms in total. The lowest BCUT2D eigenvalue weighted by Crippen LogP contribution is -2.45. The van der Waals surface area contributed by atoms with Gasteiger partial charge in [-0.2, -0.15) is 0 Å². The van der Waals surface area contributed by atoms with E-state index in [-0.39, 0.29) is 24.2 Å². The Morgan fingerprint density at radius 3 is 2.67 bits per heavy atom. The molecule has 1 amide bonds. The van der Waals surface area contributed by atoms with Crippen molar-refractivity contribution in [3.05, 3.63) is 82.9 Å². The highest BCUT2D eigenvalue weighted by Crippen LogP contribution is 2.46. The largest absolute Gasteiger partial charge is 0.389 e. The summed E-state index contributed by atoms with van der Waals surface area (Å²) >= 11 is 6.13. The summed E-state index contributed by atoms with van der Waals surface area (Å²) in [7, 11) is 1.52. The predicted octanol–water partition coefficient (Wildman–Crippen LogP) is 3.27. The van der Waals surface area contributed by atoms with Gasteiger partial charge in [0.2, 0.25) is 11.7 Å². The van der Waals surface area contributed by atoms with Gasteiger partial charge in [0.1, 0.15) is 6.10 Å². The molecule has 0 radical (unpaired) electrons. The molecule has 2 unspecified atom stereocenters. The maximum Gasteiger partial charge on any atom is 0.228 e. The third-order valence-electron chi connectivity index (χ3n) is 8.01. The van der Waals surface area contributed by atoms with E-state index < -0.39 is 23.7 Å². The van der Waals surface area contributed by atoms with E-state index >= 15 is 0 Å². The maximum absolute atomic E-state index is 12.6. The molecule has 0 saturated heterocycles. The van der Waals surface area contributed by atoms with Crippen LogP contribution in [0.4, 0.5) is 5.82 Å². The number of halogens is 1. The highest BCUT2D eigenvalue weighted by molar-refractivity contribution is 6.30. The van der Waals surface area contributed by atoms with E-state index in [1.807, 2.05) is 30.3 Å². The number of aliphatic hydroxyl groups is 2. The Morgan fingerprint density at radius 2 is 1.93 bits per heavy atom. The minimum absolute atomic E-state index is 0.176. The number of anilines is 1. The molecule has 2 fully saturated rings. The molecule has 6 atom stereocenters. The first-order chi connectivity index (χ1) is 19.3. The van der Waals surface area contributed by atoms with Crippen molar-refractivity contribution in [2.24, 2.45) is 5.41 Å². The van der Waals surface area contributed by atoms with Crippen LogP contribution in [0, 0.1) is 17.3 Å². The van der Waals surface area contributed by atoms with Crippen molar-refractivity contribution in [3.63, 3.8) is 0 Å². The second-order valence-corrected chi connectivity index (χ2v) is 11.1. The number of rotatable bonds is 5. The Balaban J connectivity index is 1.39. The van der Waals surface area contributed by atoms with Crippen molar-refractivity contribution in [2.45, 2.75) is 50.0 Å². The van der Waals surface area contributed by atoms with Crippen molar-refractivity contribution >= 4 is 34.5 Å². The number of carbonyl (C=O) groups excluding carboxylic acids is 1. The molecule has 10 heteroatoms. The molecule has 4 aromatic rings. The minimum atomic E-state index is -1.26. The highest BCUT2D eigenvalue weighted by atomic mass is 35.5. The van der Waals surface area contributed by atoms with Gasteiger partial charge >= 0.3 is 0 Å². The molecular formula is C30H29ClN6O3. The monoisotopic (exact) mass is 556 g/mol. The number of carbonyl (C=O) groups is 1. The van der Waals surface area contributed by atoms with E-state index in [9.17, 15) is 15.0 Å². The van der Waals surface area contributed by atoms with Gasteiger partial charge in [0.05, 0.1) is 23.9 Å². The number of aliphatic hydroxyl groups excluding tert-OH is 2. The van der Waals surface area contributed by atoms with Crippen LogP contribution in [0.1, 0.15) is 48.7 Å². The molecule has 2 heterocycles. The van der Waals surface area contributed by atoms with Gasteiger partial charge in [0, 0.05) is 29.6 Å². The van der Waals surface area contributed by atoms with E-state index in [0.717, 1.165) is 12.0 Å². The summed E-state index contributed by atoms with van der Waals surface area (Å²) in [6.07, 6.45) is 0.288. The van der Waals surface area contributed by atoms with Crippen LogP contribution in [-0.4, -0.2) is 60.9 Å². The van der Waals surface area contributed by atoms with E-state index in [0.29, 0.717) is 27.9 Å². The van der Waals surface area contributed by atoms with Gasteiger partial charge < -0.3 is 25.4 Å². The van der Waals surface area contributed by atoms with Crippen molar-refractivity contribution in [2.75, 3.05) is 12.4 Å². The lowest BCUT2D eigenvalue weighted by molar-refractivity contribution is -0.136. The van der Waals surface area contributed by atoms with Crippen LogP contribution in [0.15, 0.2) is 60.9 Å². The number of benzene rings is 2. The SMILES string of the molecule is CNC(=O)C1(C)C[C@@H](n2cnc3c(N[C@@H]4CC4c4ccccc4)nc(C#Cc4cccc(Cl)c4)nc32)[C@H](O)[C@@H]1O. The molecule has 2 aromatic carbocycles. The number of nitrogens with one attached hydrogen (secondary N) is 2. The first-order valence-corrected chi connectivity index (χ1v) is 13.6. The van der Waals surface area contributed by atoms with E-state index in [1.165, 1.54) is 12.6 Å². The zero-order valence-electron chi connectivity index (χ0n) is 22.0. The normalized spacial score (nSPS) is 27.2. The van der Waals surface area contributed by atoms with E-state index in [2.05, 4.69) is 39.6 Å². The van der Waals surface area contributed by atoms with Gasteiger partial charge in [0.25, 0.3) is 0 Å². The average Bonchev–Trinajstić information content (AvgIpc) is 3.54. The van der Waals surface area contributed by atoms with Gasteiger partial charge in [-0.05, 0) is 49.4 Å². The van der Waals surface area contributed by atoms with Crippen LogP contribution >= 0.6 is 11.6 Å².